The summed E-state index contributed by atoms with van der Waals surface area (Å²) in [6.45, 7) is 0. The standard InChI is InChI=1S/C25H18FN5OS/c26-16-9-6-10-17(13-16)27-25(33)31-30-24(32)21-14-19-18-11-4-5-12-20(18)28-23(19)22(29-21)15-7-2-1-3-8-15/h1-14,28H,(H,30,32)(H2,27,31,33). The maximum absolute atomic E-state index is 13.4. The van der Waals surface area contributed by atoms with Crippen LogP contribution in [0.5, 0.6) is 0 Å². The minimum absolute atomic E-state index is 0.116. The van der Waals surface area contributed by atoms with Gasteiger partial charge in [0.05, 0.1) is 11.2 Å². The van der Waals surface area contributed by atoms with Gasteiger partial charge in [0.2, 0.25) is 0 Å². The lowest BCUT2D eigenvalue weighted by Gasteiger charge is -2.12. The fourth-order valence-corrected chi connectivity index (χ4v) is 3.84. The molecule has 2 aromatic heterocycles. The number of amides is 1. The van der Waals surface area contributed by atoms with E-state index in [-0.39, 0.29) is 10.8 Å². The second-order valence-electron chi connectivity index (χ2n) is 7.36. The van der Waals surface area contributed by atoms with Crippen LogP contribution in [0.1, 0.15) is 10.5 Å². The van der Waals surface area contributed by atoms with Crippen molar-refractivity contribution >= 4 is 50.7 Å². The first-order valence-corrected chi connectivity index (χ1v) is 10.6. The van der Waals surface area contributed by atoms with Crippen LogP contribution in [0.15, 0.2) is 84.9 Å². The van der Waals surface area contributed by atoms with Crippen molar-refractivity contribution in [3.8, 4) is 11.3 Å². The highest BCUT2D eigenvalue weighted by Crippen LogP contribution is 2.32. The number of aromatic amines is 1. The first kappa shape index (κ1) is 20.6. The van der Waals surface area contributed by atoms with Gasteiger partial charge in [-0.25, -0.2) is 9.37 Å². The average Bonchev–Trinajstić information content (AvgIpc) is 3.21. The number of hydrogen-bond donors (Lipinski definition) is 4. The Labute approximate surface area is 193 Å². The summed E-state index contributed by atoms with van der Waals surface area (Å²) in [6.07, 6.45) is 0. The van der Waals surface area contributed by atoms with Gasteiger partial charge in [0.25, 0.3) is 5.91 Å². The zero-order valence-electron chi connectivity index (χ0n) is 17.2. The van der Waals surface area contributed by atoms with Crippen molar-refractivity contribution in [3.05, 3.63) is 96.4 Å². The van der Waals surface area contributed by atoms with Gasteiger partial charge in [-0.2, -0.15) is 0 Å². The van der Waals surface area contributed by atoms with Gasteiger partial charge in [-0.15, -0.1) is 0 Å². The van der Waals surface area contributed by atoms with Crippen LogP contribution in [0.3, 0.4) is 0 Å². The number of pyridine rings is 1. The van der Waals surface area contributed by atoms with Crippen molar-refractivity contribution < 1.29 is 9.18 Å². The molecule has 3 aromatic carbocycles. The lowest BCUT2D eigenvalue weighted by molar-refractivity contribution is 0.0939. The molecule has 0 saturated carbocycles. The summed E-state index contributed by atoms with van der Waals surface area (Å²) in [6, 6.07) is 25.2. The normalized spacial score (nSPS) is 10.8. The van der Waals surface area contributed by atoms with Crippen LogP contribution in [0, 0.1) is 5.82 Å². The van der Waals surface area contributed by atoms with Crippen LogP contribution in [0.25, 0.3) is 33.1 Å². The third-order valence-corrected chi connectivity index (χ3v) is 5.35. The number of benzene rings is 3. The largest absolute Gasteiger partial charge is 0.353 e. The van der Waals surface area contributed by atoms with Crippen molar-refractivity contribution in [3.63, 3.8) is 0 Å². The first-order valence-electron chi connectivity index (χ1n) is 10.2. The van der Waals surface area contributed by atoms with Gasteiger partial charge in [0, 0.05) is 27.5 Å². The number of anilines is 1. The van der Waals surface area contributed by atoms with E-state index < -0.39 is 11.7 Å². The molecule has 0 bridgehead atoms. The molecule has 5 rings (SSSR count). The lowest BCUT2D eigenvalue weighted by Crippen LogP contribution is -2.44. The number of hydrogen-bond acceptors (Lipinski definition) is 3. The summed E-state index contributed by atoms with van der Waals surface area (Å²) in [5, 5.41) is 4.82. The van der Waals surface area contributed by atoms with Crippen molar-refractivity contribution in [1.82, 2.24) is 20.8 Å². The predicted molar refractivity (Wildman–Crippen MR) is 132 cm³/mol. The number of aromatic nitrogens is 2. The van der Waals surface area contributed by atoms with E-state index in [4.69, 9.17) is 12.2 Å². The van der Waals surface area contributed by atoms with Crippen LogP contribution in [0.4, 0.5) is 10.1 Å². The topological polar surface area (TPSA) is 81.8 Å². The van der Waals surface area contributed by atoms with E-state index >= 15 is 0 Å². The van der Waals surface area contributed by atoms with E-state index in [2.05, 4.69) is 26.1 Å². The highest BCUT2D eigenvalue weighted by atomic mass is 32.1. The SMILES string of the molecule is O=C(NNC(=S)Nc1cccc(F)c1)c1cc2c([nH]c3ccccc32)c(-c2ccccc2)n1. The molecule has 5 aromatic rings. The highest BCUT2D eigenvalue weighted by molar-refractivity contribution is 7.80. The molecular weight excluding hydrogens is 437 g/mol. The summed E-state index contributed by atoms with van der Waals surface area (Å²) < 4.78 is 13.4. The average molecular weight is 456 g/mol. The second-order valence-corrected chi connectivity index (χ2v) is 7.77. The number of para-hydroxylation sites is 1. The molecule has 0 unspecified atom stereocenters. The van der Waals surface area contributed by atoms with E-state index in [9.17, 15) is 9.18 Å². The number of H-pyrrole nitrogens is 1. The number of fused-ring (bicyclic) bond motifs is 3. The van der Waals surface area contributed by atoms with Crippen LogP contribution < -0.4 is 16.2 Å². The van der Waals surface area contributed by atoms with Gasteiger partial charge in [0.1, 0.15) is 11.5 Å². The maximum Gasteiger partial charge on any atom is 0.288 e. The molecule has 0 atom stereocenters. The number of carbonyl (C=O) groups is 1. The summed E-state index contributed by atoms with van der Waals surface area (Å²) in [5.74, 6) is -0.848. The zero-order valence-corrected chi connectivity index (χ0v) is 18.0. The molecule has 0 fully saturated rings. The molecule has 0 aliphatic heterocycles. The molecule has 162 valence electrons. The maximum atomic E-state index is 13.4. The summed E-state index contributed by atoms with van der Waals surface area (Å²) in [5.41, 5.74) is 9.27. The van der Waals surface area contributed by atoms with Crippen molar-refractivity contribution in [1.29, 1.82) is 0 Å². The number of nitrogens with one attached hydrogen (secondary N) is 4. The minimum Gasteiger partial charge on any atom is -0.353 e. The Morgan fingerprint density at radius 3 is 2.48 bits per heavy atom. The van der Waals surface area contributed by atoms with E-state index in [1.54, 1.807) is 18.2 Å². The van der Waals surface area contributed by atoms with Crippen LogP contribution in [-0.4, -0.2) is 21.0 Å². The Balaban J connectivity index is 1.45. The highest BCUT2D eigenvalue weighted by Gasteiger charge is 2.17. The Hall–Kier alpha value is -4.30. The van der Waals surface area contributed by atoms with Gasteiger partial charge in [0.15, 0.2) is 5.11 Å². The molecule has 0 spiro atoms. The smallest absolute Gasteiger partial charge is 0.288 e. The predicted octanol–water partition coefficient (Wildman–Crippen LogP) is 5.15. The Bertz CT molecular complexity index is 1500. The van der Waals surface area contributed by atoms with Crippen LogP contribution in [0.2, 0.25) is 0 Å². The summed E-state index contributed by atoms with van der Waals surface area (Å²) >= 11 is 5.19. The number of hydrazine groups is 1. The van der Waals surface area contributed by atoms with Gasteiger partial charge < -0.3 is 10.3 Å². The zero-order chi connectivity index (χ0) is 22.8. The van der Waals surface area contributed by atoms with Gasteiger partial charge in [-0.3, -0.25) is 15.6 Å². The third-order valence-electron chi connectivity index (χ3n) is 5.15. The molecule has 6 nitrogen and oxygen atoms in total. The van der Waals surface area contributed by atoms with Crippen molar-refractivity contribution in [2.45, 2.75) is 0 Å². The number of nitrogens with zero attached hydrogens (tertiary/aromatic N) is 1. The fraction of sp³-hybridized carbons (Fsp3) is 0. The van der Waals surface area contributed by atoms with Crippen molar-refractivity contribution in [2.75, 3.05) is 5.32 Å². The van der Waals surface area contributed by atoms with Crippen LogP contribution in [-0.2, 0) is 0 Å². The Morgan fingerprint density at radius 1 is 0.879 bits per heavy atom. The summed E-state index contributed by atoms with van der Waals surface area (Å²) in [7, 11) is 0. The quantitative estimate of drug-likeness (QED) is 0.223. The monoisotopic (exact) mass is 455 g/mol. The van der Waals surface area contributed by atoms with Crippen molar-refractivity contribution in [2.24, 2.45) is 0 Å². The second kappa shape index (κ2) is 8.68. The van der Waals surface area contributed by atoms with Crippen LogP contribution >= 0.6 is 12.2 Å². The van der Waals surface area contributed by atoms with Gasteiger partial charge in [-0.1, -0.05) is 54.6 Å². The Kier molecular flexibility index (Phi) is 5.42. The molecule has 1 amide bonds. The summed E-state index contributed by atoms with van der Waals surface area (Å²) in [4.78, 5) is 21.0. The van der Waals surface area contributed by atoms with Gasteiger partial charge >= 0.3 is 0 Å². The number of thiocarbonyl (C=S) groups is 1. The molecule has 0 radical (unpaired) electrons. The molecular formula is C25H18FN5OS. The molecule has 4 N–H and O–H groups in total. The number of halogens is 1. The van der Waals surface area contributed by atoms with E-state index in [1.165, 1.54) is 12.1 Å². The molecule has 2 heterocycles. The molecule has 8 heteroatoms. The third kappa shape index (κ3) is 4.24. The molecule has 0 saturated heterocycles. The van der Waals surface area contributed by atoms with E-state index in [0.29, 0.717) is 11.4 Å². The lowest BCUT2D eigenvalue weighted by atomic mass is 10.1. The molecule has 0 aliphatic rings. The molecule has 0 aliphatic carbocycles. The first-order chi connectivity index (χ1) is 16.1. The molecule has 33 heavy (non-hydrogen) atoms. The van der Waals surface area contributed by atoms with E-state index in [1.807, 2.05) is 54.6 Å². The van der Waals surface area contributed by atoms with Gasteiger partial charge in [-0.05, 0) is 42.5 Å². The van der Waals surface area contributed by atoms with E-state index in [0.717, 1.165) is 27.4 Å². The minimum atomic E-state index is -0.456. The number of rotatable bonds is 3. The number of carbonyl (C=O) groups excluding carboxylic acids is 1. The fourth-order valence-electron chi connectivity index (χ4n) is 3.67. The Morgan fingerprint density at radius 2 is 1.67 bits per heavy atom.